The SMILES string of the molecule is CCOC(=O)C(C)Oc1cccc2c(=O)n(CC(=O)Nc3cc(C)cc(C)c3)ccc12. The van der Waals surface area contributed by atoms with Crippen LogP contribution in [0.25, 0.3) is 10.8 Å². The monoisotopic (exact) mass is 422 g/mol. The van der Waals surface area contributed by atoms with Crippen molar-refractivity contribution >= 4 is 28.3 Å². The smallest absolute Gasteiger partial charge is 0.347 e. The summed E-state index contributed by atoms with van der Waals surface area (Å²) >= 11 is 0. The molecule has 1 unspecified atom stereocenters. The lowest BCUT2D eigenvalue weighted by Gasteiger charge is -2.15. The third-order valence-electron chi connectivity index (χ3n) is 4.72. The van der Waals surface area contributed by atoms with Crippen molar-refractivity contribution in [1.82, 2.24) is 4.57 Å². The fourth-order valence-electron chi connectivity index (χ4n) is 3.42. The zero-order valence-corrected chi connectivity index (χ0v) is 18.1. The van der Waals surface area contributed by atoms with Crippen molar-refractivity contribution in [2.45, 2.75) is 40.3 Å². The van der Waals surface area contributed by atoms with Gasteiger partial charge in [0, 0.05) is 17.3 Å². The maximum atomic E-state index is 12.9. The standard InChI is InChI=1S/C24H26N2O5/c1-5-30-24(29)17(4)31-21-8-6-7-20-19(21)9-10-26(23(20)28)14-22(27)25-18-12-15(2)11-16(3)13-18/h6-13,17H,5,14H2,1-4H3,(H,25,27). The van der Waals surface area contributed by atoms with Gasteiger partial charge in [-0.05, 0) is 69.2 Å². The molecule has 2 aromatic carbocycles. The molecule has 7 nitrogen and oxygen atoms in total. The molecule has 1 amide bonds. The average Bonchev–Trinajstić information content (AvgIpc) is 2.69. The molecule has 0 saturated carbocycles. The van der Waals surface area contributed by atoms with Gasteiger partial charge in [0.05, 0.1) is 12.0 Å². The van der Waals surface area contributed by atoms with Crippen molar-refractivity contribution in [2.75, 3.05) is 11.9 Å². The van der Waals surface area contributed by atoms with E-state index in [-0.39, 0.29) is 24.6 Å². The molecule has 1 atom stereocenters. The molecule has 31 heavy (non-hydrogen) atoms. The fraction of sp³-hybridized carbons (Fsp3) is 0.292. The fourth-order valence-corrected chi connectivity index (χ4v) is 3.42. The number of fused-ring (bicyclic) bond motifs is 1. The number of carbonyl (C=O) groups excluding carboxylic acids is 2. The van der Waals surface area contributed by atoms with Crippen LogP contribution in [0.3, 0.4) is 0 Å². The van der Waals surface area contributed by atoms with Crippen LogP contribution in [0.1, 0.15) is 25.0 Å². The molecular formula is C24H26N2O5. The summed E-state index contributed by atoms with van der Waals surface area (Å²) in [7, 11) is 0. The summed E-state index contributed by atoms with van der Waals surface area (Å²) in [6.45, 7) is 7.37. The Bertz CT molecular complexity index is 1160. The number of ether oxygens (including phenoxy) is 2. The first-order valence-electron chi connectivity index (χ1n) is 10.1. The molecule has 0 saturated heterocycles. The highest BCUT2D eigenvalue weighted by atomic mass is 16.6. The number of aryl methyl sites for hydroxylation is 2. The summed E-state index contributed by atoms with van der Waals surface area (Å²) < 4.78 is 12.0. The van der Waals surface area contributed by atoms with Gasteiger partial charge in [0.25, 0.3) is 5.56 Å². The number of hydrogen-bond donors (Lipinski definition) is 1. The predicted octanol–water partition coefficient (Wildman–Crippen LogP) is 3.59. The molecule has 162 valence electrons. The highest BCUT2D eigenvalue weighted by Gasteiger charge is 2.18. The highest BCUT2D eigenvalue weighted by molar-refractivity contribution is 5.92. The van der Waals surface area contributed by atoms with Gasteiger partial charge in [-0.1, -0.05) is 12.1 Å². The van der Waals surface area contributed by atoms with Gasteiger partial charge in [-0.25, -0.2) is 4.79 Å². The summed E-state index contributed by atoms with van der Waals surface area (Å²) in [4.78, 5) is 37.3. The van der Waals surface area contributed by atoms with E-state index in [1.54, 1.807) is 44.3 Å². The van der Waals surface area contributed by atoms with Gasteiger partial charge < -0.3 is 19.4 Å². The Labute approximate surface area is 180 Å². The molecule has 1 aromatic heterocycles. The average molecular weight is 422 g/mol. The van der Waals surface area contributed by atoms with Crippen LogP contribution in [0.4, 0.5) is 5.69 Å². The van der Waals surface area contributed by atoms with Crippen molar-refractivity contribution in [3.05, 3.63) is 70.1 Å². The van der Waals surface area contributed by atoms with Gasteiger partial charge in [0.15, 0.2) is 6.10 Å². The normalized spacial score (nSPS) is 11.7. The number of aromatic nitrogens is 1. The van der Waals surface area contributed by atoms with Gasteiger partial charge in [-0.2, -0.15) is 0 Å². The van der Waals surface area contributed by atoms with E-state index in [0.717, 1.165) is 11.1 Å². The molecule has 0 aliphatic carbocycles. The molecule has 1 N–H and O–H groups in total. The van der Waals surface area contributed by atoms with E-state index in [0.29, 0.717) is 22.2 Å². The second kappa shape index (κ2) is 9.47. The minimum atomic E-state index is -0.809. The van der Waals surface area contributed by atoms with E-state index in [9.17, 15) is 14.4 Å². The van der Waals surface area contributed by atoms with Crippen molar-refractivity contribution in [3.63, 3.8) is 0 Å². The summed E-state index contributed by atoms with van der Waals surface area (Å²) in [5.41, 5.74) is 2.47. The minimum Gasteiger partial charge on any atom is -0.478 e. The van der Waals surface area contributed by atoms with Gasteiger partial charge in [0.1, 0.15) is 12.3 Å². The molecule has 0 aliphatic rings. The van der Waals surface area contributed by atoms with E-state index < -0.39 is 12.1 Å². The zero-order chi connectivity index (χ0) is 22.5. The zero-order valence-electron chi connectivity index (χ0n) is 18.1. The number of amides is 1. The molecule has 0 spiro atoms. The first kappa shape index (κ1) is 22.1. The lowest BCUT2D eigenvalue weighted by atomic mass is 10.1. The molecule has 7 heteroatoms. The van der Waals surface area contributed by atoms with Crippen LogP contribution in [0.5, 0.6) is 5.75 Å². The number of hydrogen-bond acceptors (Lipinski definition) is 5. The first-order valence-corrected chi connectivity index (χ1v) is 10.1. The van der Waals surface area contributed by atoms with E-state index in [1.165, 1.54) is 4.57 Å². The summed E-state index contributed by atoms with van der Waals surface area (Å²) in [6, 6.07) is 12.5. The Balaban J connectivity index is 1.82. The second-order valence-corrected chi connectivity index (χ2v) is 7.40. The number of esters is 1. The Morgan fingerprint density at radius 3 is 2.45 bits per heavy atom. The van der Waals surface area contributed by atoms with E-state index in [2.05, 4.69) is 5.32 Å². The van der Waals surface area contributed by atoms with E-state index >= 15 is 0 Å². The van der Waals surface area contributed by atoms with Crippen LogP contribution in [0, 0.1) is 13.8 Å². The lowest BCUT2D eigenvalue weighted by Crippen LogP contribution is -2.28. The van der Waals surface area contributed by atoms with Crippen molar-refractivity contribution in [2.24, 2.45) is 0 Å². The van der Waals surface area contributed by atoms with Crippen LogP contribution < -0.4 is 15.6 Å². The first-order chi connectivity index (χ1) is 14.8. The third-order valence-corrected chi connectivity index (χ3v) is 4.72. The quantitative estimate of drug-likeness (QED) is 0.588. The minimum absolute atomic E-state index is 0.119. The maximum Gasteiger partial charge on any atom is 0.347 e. The number of nitrogens with zero attached hydrogens (tertiary/aromatic N) is 1. The number of carbonyl (C=O) groups is 2. The predicted molar refractivity (Wildman–Crippen MR) is 119 cm³/mol. The molecule has 1 heterocycles. The lowest BCUT2D eigenvalue weighted by molar-refractivity contribution is -0.150. The molecule has 3 aromatic rings. The molecule has 0 radical (unpaired) electrons. The number of pyridine rings is 1. The van der Waals surface area contributed by atoms with E-state index in [1.807, 2.05) is 32.0 Å². The largest absolute Gasteiger partial charge is 0.478 e. The molecule has 0 aliphatic heterocycles. The Morgan fingerprint density at radius 2 is 1.77 bits per heavy atom. The molecular weight excluding hydrogens is 396 g/mol. The highest BCUT2D eigenvalue weighted by Crippen LogP contribution is 2.24. The number of benzene rings is 2. The van der Waals surface area contributed by atoms with Crippen LogP contribution in [-0.2, 0) is 20.9 Å². The van der Waals surface area contributed by atoms with Crippen molar-refractivity contribution < 1.29 is 19.1 Å². The molecule has 0 fully saturated rings. The maximum absolute atomic E-state index is 12.9. The number of nitrogens with one attached hydrogen (secondary N) is 1. The number of rotatable bonds is 7. The van der Waals surface area contributed by atoms with Gasteiger partial charge in [-0.3, -0.25) is 9.59 Å². The molecule has 3 rings (SSSR count). The van der Waals surface area contributed by atoms with Crippen LogP contribution in [0.2, 0.25) is 0 Å². The van der Waals surface area contributed by atoms with Crippen LogP contribution in [0.15, 0.2) is 53.5 Å². The Hall–Kier alpha value is -3.61. The second-order valence-electron chi connectivity index (χ2n) is 7.40. The topological polar surface area (TPSA) is 86.6 Å². The Morgan fingerprint density at radius 1 is 1.06 bits per heavy atom. The van der Waals surface area contributed by atoms with Crippen LogP contribution >= 0.6 is 0 Å². The van der Waals surface area contributed by atoms with Crippen molar-refractivity contribution in [3.8, 4) is 5.75 Å². The van der Waals surface area contributed by atoms with Crippen LogP contribution in [-0.4, -0.2) is 29.2 Å². The summed E-state index contributed by atoms with van der Waals surface area (Å²) in [5, 5.41) is 3.80. The van der Waals surface area contributed by atoms with Crippen molar-refractivity contribution in [1.29, 1.82) is 0 Å². The summed E-state index contributed by atoms with van der Waals surface area (Å²) in [6.07, 6.45) is 0.740. The van der Waals surface area contributed by atoms with Gasteiger partial charge in [-0.15, -0.1) is 0 Å². The van der Waals surface area contributed by atoms with Gasteiger partial charge >= 0.3 is 5.97 Å². The Kier molecular flexibility index (Phi) is 6.74. The number of anilines is 1. The third kappa shape index (κ3) is 5.31. The van der Waals surface area contributed by atoms with E-state index in [4.69, 9.17) is 9.47 Å². The molecule has 0 bridgehead atoms. The summed E-state index contributed by atoms with van der Waals surface area (Å²) in [5.74, 6) is -0.368. The van der Waals surface area contributed by atoms with Gasteiger partial charge in [0.2, 0.25) is 5.91 Å².